The Labute approximate surface area is 166 Å². The van der Waals surface area contributed by atoms with Crippen LogP contribution in [0.2, 0.25) is 0 Å². The number of hydrogen-bond donors (Lipinski definition) is 1. The zero-order valence-electron chi connectivity index (χ0n) is 16.8. The van der Waals surface area contributed by atoms with Crippen molar-refractivity contribution in [2.24, 2.45) is 0 Å². The molecule has 0 saturated carbocycles. The number of carbonyl (C=O) groups is 2. The Balaban J connectivity index is 1.47. The second-order valence-corrected chi connectivity index (χ2v) is 7.13. The van der Waals surface area contributed by atoms with Crippen molar-refractivity contribution in [3.8, 4) is 0 Å². The Hall–Kier alpha value is -2.42. The fourth-order valence-corrected chi connectivity index (χ4v) is 3.58. The number of aromatic nitrogens is 2. The quantitative estimate of drug-likeness (QED) is 0.810. The molecule has 1 aromatic heterocycles. The number of amides is 2. The SMILES string of the molecule is CCOC(=O)N1CCC(Nc2ccc(C(=O)N3CCN(CC)CC3)nn2)CC1. The number of hydrogen-bond acceptors (Lipinski definition) is 7. The van der Waals surface area contributed by atoms with Crippen LogP contribution in [0.15, 0.2) is 12.1 Å². The van der Waals surface area contributed by atoms with E-state index in [0.29, 0.717) is 31.2 Å². The van der Waals surface area contributed by atoms with Gasteiger partial charge in [0.05, 0.1) is 6.61 Å². The normalized spacial score (nSPS) is 18.8. The topological polar surface area (TPSA) is 90.9 Å². The number of carbonyl (C=O) groups excluding carboxylic acids is 2. The fraction of sp³-hybridized carbons (Fsp3) is 0.684. The summed E-state index contributed by atoms with van der Waals surface area (Å²) in [5.74, 6) is 0.597. The first-order chi connectivity index (χ1) is 13.6. The van der Waals surface area contributed by atoms with Crippen molar-refractivity contribution in [1.29, 1.82) is 0 Å². The minimum Gasteiger partial charge on any atom is -0.450 e. The zero-order chi connectivity index (χ0) is 19.9. The molecule has 0 radical (unpaired) electrons. The van der Waals surface area contributed by atoms with Crippen molar-refractivity contribution in [2.75, 3.05) is 57.7 Å². The second-order valence-electron chi connectivity index (χ2n) is 7.13. The summed E-state index contributed by atoms with van der Waals surface area (Å²) in [7, 11) is 0. The van der Waals surface area contributed by atoms with E-state index in [4.69, 9.17) is 4.74 Å². The maximum Gasteiger partial charge on any atom is 0.409 e. The molecule has 2 fully saturated rings. The number of anilines is 1. The number of piperidine rings is 1. The highest BCUT2D eigenvalue weighted by atomic mass is 16.6. The molecule has 3 heterocycles. The number of nitrogens with one attached hydrogen (secondary N) is 1. The van der Waals surface area contributed by atoms with Gasteiger partial charge in [0.25, 0.3) is 5.91 Å². The summed E-state index contributed by atoms with van der Waals surface area (Å²) in [4.78, 5) is 30.2. The molecule has 9 heteroatoms. The highest BCUT2D eigenvalue weighted by Gasteiger charge is 2.25. The molecule has 1 aromatic rings. The van der Waals surface area contributed by atoms with E-state index in [1.807, 2.05) is 11.8 Å². The molecule has 0 atom stereocenters. The molecule has 9 nitrogen and oxygen atoms in total. The molecule has 3 rings (SSSR count). The van der Waals surface area contributed by atoms with Gasteiger partial charge in [-0.2, -0.15) is 0 Å². The first-order valence-electron chi connectivity index (χ1n) is 10.1. The molecule has 2 aliphatic heterocycles. The van der Waals surface area contributed by atoms with Crippen LogP contribution in [0.3, 0.4) is 0 Å². The van der Waals surface area contributed by atoms with Crippen LogP contribution in [0.4, 0.5) is 10.6 Å². The Morgan fingerprint density at radius 3 is 2.32 bits per heavy atom. The van der Waals surface area contributed by atoms with Crippen LogP contribution in [0.1, 0.15) is 37.2 Å². The summed E-state index contributed by atoms with van der Waals surface area (Å²) in [5.41, 5.74) is 0.382. The Bertz CT molecular complexity index is 652. The van der Waals surface area contributed by atoms with Gasteiger partial charge in [-0.15, -0.1) is 10.2 Å². The van der Waals surface area contributed by atoms with Gasteiger partial charge in [0, 0.05) is 45.3 Å². The lowest BCUT2D eigenvalue weighted by Crippen LogP contribution is -2.48. The molecule has 0 spiro atoms. The van der Waals surface area contributed by atoms with E-state index < -0.39 is 0 Å². The Morgan fingerprint density at radius 1 is 1.04 bits per heavy atom. The fourth-order valence-electron chi connectivity index (χ4n) is 3.58. The van der Waals surface area contributed by atoms with E-state index in [2.05, 4.69) is 27.3 Å². The second kappa shape index (κ2) is 9.68. The smallest absolute Gasteiger partial charge is 0.409 e. The van der Waals surface area contributed by atoms with Gasteiger partial charge < -0.3 is 24.8 Å². The van der Waals surface area contributed by atoms with Crippen molar-refractivity contribution in [1.82, 2.24) is 24.9 Å². The van der Waals surface area contributed by atoms with Gasteiger partial charge in [-0.25, -0.2) is 4.79 Å². The average Bonchev–Trinajstić information content (AvgIpc) is 2.74. The van der Waals surface area contributed by atoms with Crippen molar-refractivity contribution in [2.45, 2.75) is 32.7 Å². The lowest BCUT2D eigenvalue weighted by molar-refractivity contribution is 0.0636. The van der Waals surface area contributed by atoms with Gasteiger partial charge in [0.2, 0.25) is 0 Å². The van der Waals surface area contributed by atoms with Crippen LogP contribution in [-0.4, -0.2) is 95.4 Å². The Kier molecular flexibility index (Phi) is 7.02. The highest BCUT2D eigenvalue weighted by Crippen LogP contribution is 2.16. The van der Waals surface area contributed by atoms with Gasteiger partial charge in [-0.1, -0.05) is 6.92 Å². The van der Waals surface area contributed by atoms with Gasteiger partial charge in [-0.05, 0) is 38.4 Å². The predicted molar refractivity (Wildman–Crippen MR) is 105 cm³/mol. The monoisotopic (exact) mass is 390 g/mol. The summed E-state index contributed by atoms with van der Waals surface area (Å²) in [6, 6.07) is 3.77. The van der Waals surface area contributed by atoms with Gasteiger partial charge in [0.1, 0.15) is 5.82 Å². The van der Waals surface area contributed by atoms with Crippen LogP contribution in [0.25, 0.3) is 0 Å². The molecule has 2 aliphatic rings. The molecule has 154 valence electrons. The highest BCUT2D eigenvalue weighted by molar-refractivity contribution is 5.92. The summed E-state index contributed by atoms with van der Waals surface area (Å²) >= 11 is 0. The molecule has 28 heavy (non-hydrogen) atoms. The minimum atomic E-state index is -0.247. The summed E-state index contributed by atoms with van der Waals surface area (Å²) in [5, 5.41) is 11.7. The first kappa shape index (κ1) is 20.3. The Morgan fingerprint density at radius 2 is 1.75 bits per heavy atom. The molecule has 0 aliphatic carbocycles. The maximum atomic E-state index is 12.6. The van der Waals surface area contributed by atoms with E-state index in [0.717, 1.165) is 45.6 Å². The van der Waals surface area contributed by atoms with Crippen molar-refractivity contribution in [3.63, 3.8) is 0 Å². The van der Waals surface area contributed by atoms with Crippen LogP contribution >= 0.6 is 0 Å². The van der Waals surface area contributed by atoms with E-state index >= 15 is 0 Å². The molecule has 2 saturated heterocycles. The average molecular weight is 390 g/mol. The van der Waals surface area contributed by atoms with E-state index in [9.17, 15) is 9.59 Å². The third-order valence-electron chi connectivity index (χ3n) is 5.36. The van der Waals surface area contributed by atoms with Crippen LogP contribution < -0.4 is 5.32 Å². The number of rotatable bonds is 5. The van der Waals surface area contributed by atoms with E-state index in [-0.39, 0.29) is 18.0 Å². The van der Waals surface area contributed by atoms with Gasteiger partial charge in [0.15, 0.2) is 5.69 Å². The number of ether oxygens (including phenoxy) is 1. The summed E-state index contributed by atoms with van der Waals surface area (Å²) in [6.45, 7) is 9.93. The molecule has 0 bridgehead atoms. The molecule has 2 amide bonds. The van der Waals surface area contributed by atoms with Gasteiger partial charge in [-0.3, -0.25) is 4.79 Å². The maximum absolute atomic E-state index is 12.6. The summed E-state index contributed by atoms with van der Waals surface area (Å²) < 4.78 is 5.04. The lowest BCUT2D eigenvalue weighted by atomic mass is 10.1. The molecular weight excluding hydrogens is 360 g/mol. The number of likely N-dealkylation sites (tertiary alicyclic amines) is 1. The van der Waals surface area contributed by atoms with Crippen LogP contribution in [0.5, 0.6) is 0 Å². The largest absolute Gasteiger partial charge is 0.450 e. The van der Waals surface area contributed by atoms with E-state index in [1.54, 1.807) is 17.0 Å². The van der Waals surface area contributed by atoms with Crippen molar-refractivity contribution in [3.05, 3.63) is 17.8 Å². The van der Waals surface area contributed by atoms with Crippen molar-refractivity contribution >= 4 is 17.8 Å². The predicted octanol–water partition coefficient (Wildman–Crippen LogP) is 1.29. The molecule has 0 unspecified atom stereocenters. The standard InChI is InChI=1S/C19H30N6O3/c1-3-23-11-13-24(14-12-23)18(26)16-5-6-17(22-21-16)20-15-7-9-25(10-8-15)19(27)28-4-2/h5-6,15H,3-4,7-14H2,1-2H3,(H,20,22). The number of likely N-dealkylation sites (N-methyl/N-ethyl adjacent to an activating group) is 1. The molecular formula is C19H30N6O3. The number of piperazine rings is 1. The number of nitrogens with zero attached hydrogens (tertiary/aromatic N) is 5. The molecule has 1 N–H and O–H groups in total. The van der Waals surface area contributed by atoms with Crippen molar-refractivity contribution < 1.29 is 14.3 Å². The van der Waals surface area contributed by atoms with Crippen LogP contribution in [0, 0.1) is 0 Å². The minimum absolute atomic E-state index is 0.0578. The first-order valence-corrected chi connectivity index (χ1v) is 10.1. The third kappa shape index (κ3) is 5.09. The zero-order valence-corrected chi connectivity index (χ0v) is 16.8. The van der Waals surface area contributed by atoms with Gasteiger partial charge >= 0.3 is 6.09 Å². The lowest BCUT2D eigenvalue weighted by Gasteiger charge is -2.33. The molecule has 0 aromatic carbocycles. The van der Waals surface area contributed by atoms with Crippen LogP contribution in [-0.2, 0) is 4.74 Å². The third-order valence-corrected chi connectivity index (χ3v) is 5.36. The van der Waals surface area contributed by atoms with E-state index in [1.165, 1.54) is 0 Å². The summed E-state index contributed by atoms with van der Waals surface area (Å²) in [6.07, 6.45) is 1.40.